The number of fused-ring (bicyclic) bond motifs is 6. The highest BCUT2D eigenvalue weighted by Gasteiger charge is 2.38. The van der Waals surface area contributed by atoms with E-state index in [0.29, 0.717) is 42.6 Å². The number of halogens is 20. The number of benzene rings is 4. The van der Waals surface area contributed by atoms with Gasteiger partial charge in [-0.1, -0.05) is 0 Å². The zero-order valence-corrected chi connectivity index (χ0v) is 34.1. The molecule has 71 heavy (non-hydrogen) atoms. The molecule has 0 radical (unpaired) electrons. The summed E-state index contributed by atoms with van der Waals surface area (Å²) >= 11 is 0. The third-order valence-electron chi connectivity index (χ3n) is 11.0. The average molecular weight is 1020 g/mol. The summed E-state index contributed by atoms with van der Waals surface area (Å²) in [6.07, 6.45) is 2.20. The maximum absolute atomic E-state index is 16.1. The maximum Gasteiger partial charge on any atom is 0.222 e. The molecule has 2 N–H and O–H groups in total. The Kier molecular flexibility index (Phi) is 11.5. The largest absolute Gasteiger partial charge is 0.478 e. The van der Waals surface area contributed by atoms with Crippen molar-refractivity contribution >= 4 is 33.9 Å². The lowest BCUT2D eigenvalue weighted by molar-refractivity contribution is 0.329. The normalized spacial score (nSPS) is 14.6. The SMILES string of the molecule is CCOC1=NC2=C(c3c(F)c(F)c(F)c(F)c3F)c3cc(c[nH]3)C(c3c(F)c(F)c(F)c(F)c3F)=C3C=CC(=N3)C(c3c(F)c(F)c(F)c(F)c3F)=c3ccc([nH]3)=C(c3c(F)c(F)c(F)c(F)c3F)C1=C2. The number of aromatic nitrogens is 2. The lowest BCUT2D eigenvalue weighted by Gasteiger charge is -2.15. The molecule has 5 nitrogen and oxygen atoms in total. The van der Waals surface area contributed by atoms with Crippen LogP contribution in [0.5, 0.6) is 0 Å². The van der Waals surface area contributed by atoms with Gasteiger partial charge in [0.15, 0.2) is 93.1 Å². The van der Waals surface area contributed by atoms with Crippen LogP contribution in [0.1, 0.15) is 40.4 Å². The second kappa shape index (κ2) is 17.1. The monoisotopic (exact) mass is 1020 g/mol. The summed E-state index contributed by atoms with van der Waals surface area (Å²) in [6.45, 7) is 0.602. The smallest absolute Gasteiger partial charge is 0.222 e. The number of aliphatic imine (C=N–C) groups is 2. The van der Waals surface area contributed by atoms with E-state index >= 15 is 70.2 Å². The quantitative estimate of drug-likeness (QED) is 0.101. The molecule has 6 aromatic rings. The van der Waals surface area contributed by atoms with E-state index in [0.717, 1.165) is 0 Å². The molecule has 0 aliphatic carbocycles. The molecule has 2 aromatic heterocycles. The molecule has 0 unspecified atom stereocenters. The van der Waals surface area contributed by atoms with Crippen LogP contribution in [0.2, 0.25) is 0 Å². The number of hydrogen-bond donors (Lipinski definition) is 2. The van der Waals surface area contributed by atoms with Crippen LogP contribution in [0.25, 0.3) is 22.3 Å². The van der Waals surface area contributed by atoms with E-state index in [1.54, 1.807) is 0 Å². The standard InChI is InChI=1S/C46H14F20N4O/c1-2-71-46-11-8-17(70-46)21(25-32(53)40(61)45(66)41(62)33(25)54)16-7-10(9-67-16)18(22-26(47)34(55)42(63)35(56)27(22)48)12-3-5-14(68-12)20(24-30(51)38(59)44(65)39(60)31(24)52)15-6-4-13(69-15)19(11)23-28(49)36(57)43(64)37(58)29(23)50/h3-9,67,69H,2H2,1H3. The van der Waals surface area contributed by atoms with Gasteiger partial charge in [-0.2, -0.15) is 0 Å². The summed E-state index contributed by atoms with van der Waals surface area (Å²) in [5.41, 5.74) is -18.8. The van der Waals surface area contributed by atoms with Crippen molar-refractivity contribution in [1.82, 2.24) is 9.97 Å². The lowest BCUT2D eigenvalue weighted by atomic mass is 9.93. The Morgan fingerprint density at radius 1 is 0.423 bits per heavy atom. The van der Waals surface area contributed by atoms with Crippen LogP contribution in [-0.2, 0) is 4.74 Å². The average Bonchev–Trinajstić information content (AvgIpc) is 4.21. The number of H-pyrrole nitrogens is 2. The predicted octanol–water partition coefficient (Wildman–Crippen LogP) is 11.1. The van der Waals surface area contributed by atoms with Crippen molar-refractivity contribution in [1.29, 1.82) is 0 Å². The molecule has 25 heteroatoms. The van der Waals surface area contributed by atoms with E-state index in [-0.39, 0.29) is 0 Å². The minimum atomic E-state index is -2.73. The van der Waals surface area contributed by atoms with Gasteiger partial charge in [-0.05, 0) is 43.4 Å². The van der Waals surface area contributed by atoms with Gasteiger partial charge >= 0.3 is 0 Å². The third kappa shape index (κ3) is 7.01. The van der Waals surface area contributed by atoms with Gasteiger partial charge in [-0.25, -0.2) is 97.8 Å². The molecule has 0 saturated carbocycles. The number of hydrogen-bond acceptors (Lipinski definition) is 3. The van der Waals surface area contributed by atoms with Gasteiger partial charge in [0.2, 0.25) is 29.2 Å². The third-order valence-corrected chi connectivity index (χ3v) is 11.0. The minimum absolute atomic E-state index is 0.450. The summed E-state index contributed by atoms with van der Waals surface area (Å²) < 4.78 is 311. The number of ether oxygens (including phenoxy) is 1. The first-order chi connectivity index (χ1) is 33.5. The number of aromatic amines is 2. The molecule has 0 fully saturated rings. The number of nitrogens with zero attached hydrogens (tertiary/aromatic N) is 2. The maximum atomic E-state index is 16.1. The molecular weight excluding hydrogens is 1000 g/mol. The Hall–Kier alpha value is -8.12. The van der Waals surface area contributed by atoms with Crippen LogP contribution in [0.15, 0.2) is 69.6 Å². The zero-order valence-electron chi connectivity index (χ0n) is 34.1. The van der Waals surface area contributed by atoms with E-state index in [1.165, 1.54) is 6.92 Å². The molecule has 364 valence electrons. The fourth-order valence-electron chi connectivity index (χ4n) is 7.90. The van der Waals surface area contributed by atoms with Crippen LogP contribution < -0.4 is 10.7 Å². The first kappa shape index (κ1) is 47.9. The summed E-state index contributed by atoms with van der Waals surface area (Å²) in [6, 6.07) is 1.74. The number of rotatable bonds is 5. The van der Waals surface area contributed by atoms with Gasteiger partial charge in [-0.15, -0.1) is 0 Å². The van der Waals surface area contributed by atoms with Gasteiger partial charge in [0.25, 0.3) is 0 Å². The molecule has 9 rings (SSSR count). The summed E-state index contributed by atoms with van der Waals surface area (Å²) in [5.74, 6) is -54.0. The molecule has 0 saturated heterocycles. The van der Waals surface area contributed by atoms with Crippen molar-refractivity contribution in [2.45, 2.75) is 6.92 Å². The van der Waals surface area contributed by atoms with Gasteiger partial charge < -0.3 is 14.7 Å². The van der Waals surface area contributed by atoms with Crippen molar-refractivity contribution in [2.24, 2.45) is 9.98 Å². The molecule has 5 heterocycles. The van der Waals surface area contributed by atoms with Crippen molar-refractivity contribution in [2.75, 3.05) is 6.61 Å². The highest BCUT2D eigenvalue weighted by atomic mass is 19.2. The molecule has 3 aliphatic rings. The fraction of sp³-hybridized carbons (Fsp3) is 0.0435. The highest BCUT2D eigenvalue weighted by Crippen LogP contribution is 2.44. The van der Waals surface area contributed by atoms with Crippen LogP contribution in [0.4, 0.5) is 87.8 Å². The highest BCUT2D eigenvalue weighted by molar-refractivity contribution is 6.30. The molecule has 0 atom stereocenters. The molecule has 0 amide bonds. The van der Waals surface area contributed by atoms with Crippen molar-refractivity contribution in [3.63, 3.8) is 0 Å². The van der Waals surface area contributed by atoms with E-state index in [1.807, 2.05) is 0 Å². The van der Waals surface area contributed by atoms with Crippen molar-refractivity contribution in [3.8, 4) is 0 Å². The number of allylic oxidation sites excluding steroid dienone is 3. The van der Waals surface area contributed by atoms with Gasteiger partial charge in [0.1, 0.15) is 0 Å². The molecular formula is C46H14F20N4O. The first-order valence-corrected chi connectivity index (χ1v) is 19.4. The first-order valence-electron chi connectivity index (χ1n) is 19.4. The molecule has 8 bridgehead atoms. The Balaban J connectivity index is 1.58. The zero-order chi connectivity index (χ0) is 51.6. The van der Waals surface area contributed by atoms with E-state index < -0.39 is 218 Å². The van der Waals surface area contributed by atoms with Crippen LogP contribution in [0, 0.1) is 116 Å². The predicted molar refractivity (Wildman–Crippen MR) is 207 cm³/mol. The number of nitrogens with one attached hydrogen (secondary N) is 2. The Morgan fingerprint density at radius 3 is 1.24 bits per heavy atom. The Labute approximate surface area is 379 Å². The van der Waals surface area contributed by atoms with Crippen molar-refractivity contribution in [3.05, 3.63) is 220 Å². The van der Waals surface area contributed by atoms with Crippen LogP contribution in [0.3, 0.4) is 0 Å². The molecule has 3 aliphatic heterocycles. The van der Waals surface area contributed by atoms with Crippen LogP contribution in [-0.4, -0.2) is 28.2 Å². The Morgan fingerprint density at radius 2 is 0.803 bits per heavy atom. The molecule has 0 spiro atoms. The van der Waals surface area contributed by atoms with Gasteiger partial charge in [0.05, 0.1) is 46.0 Å². The van der Waals surface area contributed by atoms with Crippen LogP contribution >= 0.6 is 0 Å². The topological polar surface area (TPSA) is 65.5 Å². The second-order valence-electron chi connectivity index (χ2n) is 14.9. The van der Waals surface area contributed by atoms with Crippen molar-refractivity contribution < 1.29 is 92.5 Å². The summed E-state index contributed by atoms with van der Waals surface area (Å²) in [7, 11) is 0. The lowest BCUT2D eigenvalue weighted by Crippen LogP contribution is -2.24. The summed E-state index contributed by atoms with van der Waals surface area (Å²) in [4.78, 5) is 12.4. The van der Waals surface area contributed by atoms with E-state index in [2.05, 4.69) is 20.0 Å². The summed E-state index contributed by atoms with van der Waals surface area (Å²) in [5, 5.41) is -1.94. The van der Waals surface area contributed by atoms with Gasteiger partial charge in [0, 0.05) is 56.0 Å². The fourth-order valence-corrected chi connectivity index (χ4v) is 7.90. The van der Waals surface area contributed by atoms with E-state index in [4.69, 9.17) is 4.74 Å². The molecule has 4 aromatic carbocycles. The second-order valence-corrected chi connectivity index (χ2v) is 14.9. The van der Waals surface area contributed by atoms with E-state index in [9.17, 15) is 17.6 Å². The minimum Gasteiger partial charge on any atom is -0.478 e. The van der Waals surface area contributed by atoms with Gasteiger partial charge in [-0.3, -0.25) is 0 Å². The Bertz CT molecular complexity index is 3660.